The molecule has 0 bridgehead atoms. The van der Waals surface area contributed by atoms with E-state index in [1.807, 2.05) is 13.8 Å². The molecule has 0 aromatic heterocycles. The summed E-state index contributed by atoms with van der Waals surface area (Å²) in [5, 5.41) is 7.09. The Morgan fingerprint density at radius 3 is 2.22 bits per heavy atom. The standard InChI is InChI=1S/C6H12ClNO/c1-6(2,7)4-5(8)9-3/h8H,4H2,1-3H3. The van der Waals surface area contributed by atoms with Gasteiger partial charge in [0.25, 0.3) is 0 Å². The largest absolute Gasteiger partial charge is 0.484 e. The quantitative estimate of drug-likeness (QED) is 0.364. The number of halogens is 1. The summed E-state index contributed by atoms with van der Waals surface area (Å²) in [6.45, 7) is 3.70. The highest BCUT2D eigenvalue weighted by molar-refractivity contribution is 6.24. The number of nitrogens with one attached hydrogen (secondary N) is 1. The molecule has 0 saturated heterocycles. The molecule has 0 aliphatic rings. The second-order valence-corrected chi connectivity index (χ2v) is 3.55. The Kier molecular flexibility index (Phi) is 2.98. The summed E-state index contributed by atoms with van der Waals surface area (Å²) < 4.78 is 4.63. The van der Waals surface area contributed by atoms with Gasteiger partial charge in [-0.15, -0.1) is 11.6 Å². The lowest BCUT2D eigenvalue weighted by atomic mass is 10.1. The van der Waals surface area contributed by atoms with E-state index in [9.17, 15) is 0 Å². The normalized spacial score (nSPS) is 11.1. The van der Waals surface area contributed by atoms with Gasteiger partial charge in [0.05, 0.1) is 7.11 Å². The van der Waals surface area contributed by atoms with Crippen molar-refractivity contribution < 1.29 is 4.74 Å². The molecule has 0 amide bonds. The minimum atomic E-state index is -0.354. The maximum Gasteiger partial charge on any atom is 0.181 e. The fraction of sp³-hybridized carbons (Fsp3) is 0.833. The Bertz CT molecular complexity index is 106. The summed E-state index contributed by atoms with van der Waals surface area (Å²) in [5.74, 6) is 0.231. The Labute approximate surface area is 60.7 Å². The minimum Gasteiger partial charge on any atom is -0.484 e. The Balaban J connectivity index is 3.60. The summed E-state index contributed by atoms with van der Waals surface area (Å²) in [5.41, 5.74) is 0. The van der Waals surface area contributed by atoms with Gasteiger partial charge in [-0.3, -0.25) is 5.41 Å². The van der Waals surface area contributed by atoms with Crippen LogP contribution in [0.5, 0.6) is 0 Å². The predicted octanol–water partition coefficient (Wildman–Crippen LogP) is 2.02. The lowest BCUT2D eigenvalue weighted by Crippen LogP contribution is -2.16. The molecule has 0 aromatic carbocycles. The molecular weight excluding hydrogens is 138 g/mol. The van der Waals surface area contributed by atoms with Crippen LogP contribution in [0.15, 0.2) is 0 Å². The van der Waals surface area contributed by atoms with E-state index in [2.05, 4.69) is 4.74 Å². The first-order valence-corrected chi connectivity index (χ1v) is 3.14. The molecule has 2 nitrogen and oxygen atoms in total. The first kappa shape index (κ1) is 8.76. The highest BCUT2D eigenvalue weighted by Crippen LogP contribution is 2.17. The molecule has 0 fully saturated rings. The maximum absolute atomic E-state index is 7.09. The van der Waals surface area contributed by atoms with Crippen molar-refractivity contribution in [1.82, 2.24) is 0 Å². The lowest BCUT2D eigenvalue weighted by Gasteiger charge is -2.14. The van der Waals surface area contributed by atoms with Crippen molar-refractivity contribution in [2.75, 3.05) is 7.11 Å². The van der Waals surface area contributed by atoms with Gasteiger partial charge in [0.1, 0.15) is 0 Å². The maximum atomic E-state index is 7.09. The second-order valence-electron chi connectivity index (χ2n) is 2.52. The van der Waals surface area contributed by atoms with Crippen LogP contribution < -0.4 is 0 Å². The molecule has 1 N–H and O–H groups in total. The minimum absolute atomic E-state index is 0.231. The van der Waals surface area contributed by atoms with Gasteiger partial charge in [-0.25, -0.2) is 0 Å². The van der Waals surface area contributed by atoms with Crippen LogP contribution in [0, 0.1) is 5.41 Å². The summed E-state index contributed by atoms with van der Waals surface area (Å²) in [6.07, 6.45) is 0.477. The molecule has 0 aliphatic heterocycles. The van der Waals surface area contributed by atoms with Gasteiger partial charge in [-0.05, 0) is 13.8 Å². The lowest BCUT2D eigenvalue weighted by molar-refractivity contribution is 0.379. The van der Waals surface area contributed by atoms with Crippen LogP contribution in [-0.4, -0.2) is 17.9 Å². The third-order valence-electron chi connectivity index (χ3n) is 0.827. The average Bonchev–Trinajstić information content (AvgIpc) is 1.62. The first-order chi connectivity index (χ1) is 3.95. The van der Waals surface area contributed by atoms with E-state index in [4.69, 9.17) is 17.0 Å². The molecule has 0 atom stereocenters. The van der Waals surface area contributed by atoms with Crippen LogP contribution in [0.4, 0.5) is 0 Å². The van der Waals surface area contributed by atoms with E-state index in [1.54, 1.807) is 0 Å². The molecule has 0 unspecified atom stereocenters. The second kappa shape index (κ2) is 3.06. The first-order valence-electron chi connectivity index (χ1n) is 2.76. The molecule has 3 heteroatoms. The summed E-state index contributed by atoms with van der Waals surface area (Å²) >= 11 is 5.79. The van der Waals surface area contributed by atoms with Gasteiger partial charge in [0.2, 0.25) is 0 Å². The topological polar surface area (TPSA) is 33.1 Å². The van der Waals surface area contributed by atoms with E-state index in [0.717, 1.165) is 0 Å². The van der Waals surface area contributed by atoms with Crippen molar-refractivity contribution >= 4 is 17.5 Å². The van der Waals surface area contributed by atoms with E-state index >= 15 is 0 Å². The SMILES string of the molecule is COC(=N)CC(C)(C)Cl. The van der Waals surface area contributed by atoms with Gasteiger partial charge in [-0.1, -0.05) is 0 Å². The zero-order chi connectivity index (χ0) is 7.49. The monoisotopic (exact) mass is 149 g/mol. The third-order valence-corrected chi connectivity index (χ3v) is 0.961. The van der Waals surface area contributed by atoms with Crippen LogP contribution in [0.3, 0.4) is 0 Å². The highest BCUT2D eigenvalue weighted by Gasteiger charge is 2.15. The van der Waals surface area contributed by atoms with Gasteiger partial charge in [-0.2, -0.15) is 0 Å². The fourth-order valence-corrected chi connectivity index (χ4v) is 0.575. The van der Waals surface area contributed by atoms with Gasteiger partial charge in [0.15, 0.2) is 5.90 Å². The van der Waals surface area contributed by atoms with Crippen molar-refractivity contribution in [2.45, 2.75) is 25.1 Å². The molecule has 0 heterocycles. The van der Waals surface area contributed by atoms with Crippen molar-refractivity contribution in [2.24, 2.45) is 0 Å². The highest BCUT2D eigenvalue weighted by atomic mass is 35.5. The summed E-state index contributed by atoms with van der Waals surface area (Å²) in [4.78, 5) is -0.354. The van der Waals surface area contributed by atoms with Gasteiger partial charge in [0, 0.05) is 11.3 Å². The molecular formula is C6H12ClNO. The smallest absolute Gasteiger partial charge is 0.181 e. The van der Waals surface area contributed by atoms with Crippen LogP contribution in [0.1, 0.15) is 20.3 Å². The van der Waals surface area contributed by atoms with Crippen molar-refractivity contribution in [3.63, 3.8) is 0 Å². The zero-order valence-corrected chi connectivity index (χ0v) is 6.75. The van der Waals surface area contributed by atoms with Crippen LogP contribution in [0.2, 0.25) is 0 Å². The number of hydrogen-bond acceptors (Lipinski definition) is 2. The molecule has 54 valence electrons. The van der Waals surface area contributed by atoms with Gasteiger partial charge >= 0.3 is 0 Å². The fourth-order valence-electron chi connectivity index (χ4n) is 0.454. The Hall–Kier alpha value is -0.240. The van der Waals surface area contributed by atoms with Crippen LogP contribution in [0.25, 0.3) is 0 Å². The zero-order valence-electron chi connectivity index (χ0n) is 5.99. The Morgan fingerprint density at radius 1 is 1.67 bits per heavy atom. The number of rotatable bonds is 2. The number of alkyl halides is 1. The average molecular weight is 150 g/mol. The Morgan fingerprint density at radius 2 is 2.11 bits per heavy atom. The van der Waals surface area contributed by atoms with Crippen molar-refractivity contribution in [1.29, 1.82) is 5.41 Å². The summed E-state index contributed by atoms with van der Waals surface area (Å²) in [7, 11) is 1.48. The van der Waals surface area contributed by atoms with Crippen LogP contribution in [-0.2, 0) is 4.74 Å². The van der Waals surface area contributed by atoms with Crippen LogP contribution >= 0.6 is 11.6 Å². The molecule has 0 aliphatic carbocycles. The third kappa shape index (κ3) is 5.63. The number of methoxy groups -OCH3 is 1. The molecule has 0 spiro atoms. The summed E-state index contributed by atoms with van der Waals surface area (Å²) in [6, 6.07) is 0. The van der Waals surface area contributed by atoms with E-state index in [0.29, 0.717) is 6.42 Å². The van der Waals surface area contributed by atoms with E-state index < -0.39 is 0 Å². The van der Waals surface area contributed by atoms with E-state index in [1.165, 1.54) is 7.11 Å². The molecule has 0 aromatic rings. The predicted molar refractivity (Wildman–Crippen MR) is 39.3 cm³/mol. The number of ether oxygens (including phenoxy) is 1. The number of hydrogen-bond donors (Lipinski definition) is 1. The molecule has 0 saturated carbocycles. The van der Waals surface area contributed by atoms with Crippen molar-refractivity contribution in [3.8, 4) is 0 Å². The molecule has 9 heavy (non-hydrogen) atoms. The van der Waals surface area contributed by atoms with Gasteiger partial charge < -0.3 is 4.74 Å². The molecule has 0 radical (unpaired) electrons. The van der Waals surface area contributed by atoms with Crippen molar-refractivity contribution in [3.05, 3.63) is 0 Å². The van der Waals surface area contributed by atoms with E-state index in [-0.39, 0.29) is 10.8 Å². The molecule has 0 rings (SSSR count).